The predicted molar refractivity (Wildman–Crippen MR) is 310 cm³/mol. The van der Waals surface area contributed by atoms with Gasteiger partial charge in [0.05, 0.1) is 22.8 Å². The maximum absolute atomic E-state index is 5.59. The van der Waals surface area contributed by atoms with E-state index in [4.69, 9.17) is 9.98 Å². The van der Waals surface area contributed by atoms with E-state index in [-0.39, 0.29) is 0 Å². The zero-order valence-electron chi connectivity index (χ0n) is 46.6. The van der Waals surface area contributed by atoms with E-state index < -0.39 is 0 Å². The Balaban J connectivity index is 1.91. The fourth-order valence-corrected chi connectivity index (χ4v) is 9.94. The number of allylic oxidation sites excluding steroid dienone is 2. The van der Waals surface area contributed by atoms with E-state index in [1.54, 1.807) is 0 Å². The van der Waals surface area contributed by atoms with Gasteiger partial charge in [-0.15, -0.1) is 0 Å². The summed E-state index contributed by atoms with van der Waals surface area (Å²) in [6.45, 7) is 13.8. The van der Waals surface area contributed by atoms with Crippen molar-refractivity contribution in [2.45, 2.75) is 324 Å². The smallest absolute Gasteiger partial charge is 0.0848 e. The van der Waals surface area contributed by atoms with Crippen molar-refractivity contribution in [2.24, 2.45) is 9.98 Å². The summed E-state index contributed by atoms with van der Waals surface area (Å²) >= 11 is 0. The van der Waals surface area contributed by atoms with Crippen LogP contribution in [0.3, 0.4) is 0 Å². The molecule has 0 saturated carbocycles. The molecule has 0 radical (unpaired) electrons. The highest BCUT2D eigenvalue weighted by Gasteiger charge is 2.12. The molecule has 0 spiro atoms. The van der Waals surface area contributed by atoms with Crippen LogP contribution < -0.4 is 0 Å². The molecular weight excluding hydrogens is 821 g/mol. The van der Waals surface area contributed by atoms with Crippen LogP contribution in [-0.4, -0.2) is 11.4 Å². The van der Waals surface area contributed by atoms with E-state index >= 15 is 0 Å². The molecule has 0 saturated heterocycles. The molecule has 0 aliphatic rings. The second-order valence-electron chi connectivity index (χ2n) is 21.3. The first-order valence-electron chi connectivity index (χ1n) is 30.6. The number of nitrogens with zero attached hydrogens (tertiary/aromatic N) is 2. The van der Waals surface area contributed by atoms with Gasteiger partial charge in [0.15, 0.2) is 0 Å². The van der Waals surface area contributed by atoms with Crippen LogP contribution in [0.15, 0.2) is 58.5 Å². The van der Waals surface area contributed by atoms with Crippen molar-refractivity contribution in [3.05, 3.63) is 70.8 Å². The number of benzene rings is 2. The van der Waals surface area contributed by atoms with Crippen LogP contribution in [0, 0.1) is 0 Å². The Morgan fingerprint density at radius 2 is 0.588 bits per heavy atom. The summed E-state index contributed by atoms with van der Waals surface area (Å²) in [5.74, 6) is 0. The number of hydrogen-bond donors (Lipinski definition) is 0. The number of aryl methyl sites for hydroxylation is 4. The van der Waals surface area contributed by atoms with Gasteiger partial charge in [0.25, 0.3) is 0 Å². The first-order valence-corrected chi connectivity index (χ1v) is 30.6. The Kier molecular flexibility index (Phi) is 41.4. The molecule has 2 heteroatoms. The Morgan fingerprint density at radius 3 is 0.912 bits per heavy atom. The van der Waals surface area contributed by atoms with Crippen LogP contribution in [0.1, 0.15) is 321 Å². The third-order valence-electron chi connectivity index (χ3n) is 14.4. The maximum atomic E-state index is 5.59. The minimum absolute atomic E-state index is 0.977. The molecule has 2 aromatic rings. The van der Waals surface area contributed by atoms with Gasteiger partial charge in [0.2, 0.25) is 0 Å². The monoisotopic (exact) mass is 935 g/mol. The minimum Gasteiger partial charge on any atom is -0.251 e. The van der Waals surface area contributed by atoms with E-state index in [1.807, 2.05) is 0 Å². The summed E-state index contributed by atoms with van der Waals surface area (Å²) in [7, 11) is 0. The average molecular weight is 936 g/mol. The van der Waals surface area contributed by atoms with Crippen molar-refractivity contribution in [1.29, 1.82) is 0 Å². The fourth-order valence-electron chi connectivity index (χ4n) is 9.94. The molecule has 68 heavy (non-hydrogen) atoms. The summed E-state index contributed by atoms with van der Waals surface area (Å²) in [5, 5.41) is 0. The van der Waals surface area contributed by atoms with Gasteiger partial charge in [-0.05, 0) is 130 Å². The SMILES string of the molecule is CCCCCCCCCCCCCCCCCCCCCCCCCCCCC=CC(=Nc1cc(CCCC)cc(CCCC)c1)C(CCCCCC)=Nc1cc(CCCC)cc(CCCC)c1. The molecule has 0 N–H and O–H groups in total. The Morgan fingerprint density at radius 1 is 0.309 bits per heavy atom. The fraction of sp³-hybridized carbons (Fsp3) is 0.758. The Bertz CT molecular complexity index is 1470. The molecule has 0 bridgehead atoms. The molecule has 0 aliphatic heterocycles. The van der Waals surface area contributed by atoms with Crippen molar-refractivity contribution in [3.63, 3.8) is 0 Å². The van der Waals surface area contributed by atoms with Crippen molar-refractivity contribution >= 4 is 22.8 Å². The number of unbranched alkanes of at least 4 members (excludes halogenated alkanes) is 33. The lowest BCUT2D eigenvalue weighted by Gasteiger charge is -2.12. The van der Waals surface area contributed by atoms with Crippen molar-refractivity contribution in [2.75, 3.05) is 0 Å². The lowest BCUT2D eigenvalue weighted by molar-refractivity contribution is 0.515. The highest BCUT2D eigenvalue weighted by atomic mass is 14.8. The van der Waals surface area contributed by atoms with E-state index in [9.17, 15) is 0 Å². The Hall–Kier alpha value is -2.48. The second-order valence-corrected chi connectivity index (χ2v) is 21.3. The first-order chi connectivity index (χ1) is 33.6. The van der Waals surface area contributed by atoms with Gasteiger partial charge < -0.3 is 0 Å². The lowest BCUT2D eigenvalue weighted by atomic mass is 10.00. The predicted octanol–water partition coefficient (Wildman–Crippen LogP) is 23.0. The van der Waals surface area contributed by atoms with Crippen LogP contribution in [0.2, 0.25) is 0 Å². The molecule has 0 heterocycles. The molecule has 0 fully saturated rings. The second kappa shape index (κ2) is 45.6. The van der Waals surface area contributed by atoms with E-state index in [1.165, 1.54) is 266 Å². The van der Waals surface area contributed by atoms with Gasteiger partial charge in [-0.1, -0.05) is 265 Å². The van der Waals surface area contributed by atoms with Gasteiger partial charge >= 0.3 is 0 Å². The molecule has 0 aliphatic carbocycles. The van der Waals surface area contributed by atoms with Crippen molar-refractivity contribution in [3.8, 4) is 0 Å². The molecule has 0 amide bonds. The average Bonchev–Trinajstić information content (AvgIpc) is 3.35. The zero-order valence-corrected chi connectivity index (χ0v) is 46.6. The molecule has 2 nitrogen and oxygen atoms in total. The number of hydrogen-bond acceptors (Lipinski definition) is 2. The standard InChI is InChI=1S/C66H114N2/c1-7-13-19-21-22-23-24-25-26-27-28-29-30-31-32-33-34-35-36-37-38-39-40-41-42-43-44-46-52-66(68-64-57-61(49-17-11-5)54-62(58-64)50-18-12-6)65(51-45-20-14-8-2)67-63-55-59(47-15-9-3)53-60(56-63)48-16-10-4/h46,52-58H,7-45,47-51H2,1-6H3. The summed E-state index contributed by atoms with van der Waals surface area (Å²) in [6, 6.07) is 14.4. The topological polar surface area (TPSA) is 24.7 Å². The molecule has 0 aromatic heterocycles. The number of rotatable bonds is 48. The van der Waals surface area contributed by atoms with Crippen LogP contribution in [-0.2, 0) is 25.7 Å². The van der Waals surface area contributed by atoms with Gasteiger partial charge in [-0.25, -0.2) is 4.99 Å². The van der Waals surface area contributed by atoms with Crippen molar-refractivity contribution < 1.29 is 0 Å². The van der Waals surface area contributed by atoms with Gasteiger partial charge in [-0.3, -0.25) is 4.99 Å². The summed E-state index contributed by atoms with van der Waals surface area (Å²) in [6.07, 6.45) is 63.6. The zero-order chi connectivity index (χ0) is 48.8. The summed E-state index contributed by atoms with van der Waals surface area (Å²) in [5.41, 5.74) is 10.3. The third kappa shape index (κ3) is 33.9. The first kappa shape index (κ1) is 61.6. The van der Waals surface area contributed by atoms with Crippen LogP contribution in [0.25, 0.3) is 0 Å². The quantitative estimate of drug-likeness (QED) is 0.0467. The highest BCUT2D eigenvalue weighted by molar-refractivity contribution is 6.47. The van der Waals surface area contributed by atoms with Crippen molar-refractivity contribution in [1.82, 2.24) is 0 Å². The van der Waals surface area contributed by atoms with Gasteiger partial charge in [0.1, 0.15) is 0 Å². The maximum Gasteiger partial charge on any atom is 0.0848 e. The van der Waals surface area contributed by atoms with E-state index in [0.29, 0.717) is 0 Å². The lowest BCUT2D eigenvalue weighted by Crippen LogP contribution is -2.12. The van der Waals surface area contributed by atoms with Gasteiger partial charge in [-0.2, -0.15) is 0 Å². The van der Waals surface area contributed by atoms with Crippen LogP contribution in [0.4, 0.5) is 11.4 Å². The van der Waals surface area contributed by atoms with Gasteiger partial charge in [0, 0.05) is 0 Å². The summed E-state index contributed by atoms with van der Waals surface area (Å²) < 4.78 is 0. The molecule has 388 valence electrons. The molecule has 2 aromatic carbocycles. The molecule has 2 rings (SSSR count). The highest BCUT2D eigenvalue weighted by Crippen LogP contribution is 2.26. The molecule has 0 atom stereocenters. The Labute approximate surface area is 425 Å². The minimum atomic E-state index is 0.977. The summed E-state index contributed by atoms with van der Waals surface area (Å²) in [4.78, 5) is 11.2. The molecule has 0 unspecified atom stereocenters. The third-order valence-corrected chi connectivity index (χ3v) is 14.4. The van der Waals surface area contributed by atoms with Crippen LogP contribution in [0.5, 0.6) is 0 Å². The van der Waals surface area contributed by atoms with Crippen LogP contribution >= 0.6 is 0 Å². The largest absolute Gasteiger partial charge is 0.251 e. The van der Waals surface area contributed by atoms with E-state index in [0.717, 1.165) is 62.0 Å². The molecular formula is C66H114N2. The number of aliphatic imine (C=N–C) groups is 2. The van der Waals surface area contributed by atoms with E-state index in [2.05, 4.69) is 90.1 Å². The normalized spacial score (nSPS) is 12.3.